The molecular formula is C16H19Cl2NO2. The Morgan fingerprint density at radius 2 is 1.81 bits per heavy atom. The van der Waals surface area contributed by atoms with Crippen molar-refractivity contribution in [2.24, 2.45) is 0 Å². The lowest BCUT2D eigenvalue weighted by Crippen LogP contribution is -2.34. The highest BCUT2D eigenvalue weighted by atomic mass is 35.5. The van der Waals surface area contributed by atoms with Crippen molar-refractivity contribution in [1.29, 1.82) is 0 Å². The standard InChI is InChI=1S/C16H19Cl2NO2/c1-16(2,3)19-9-11-7-8-12(21-11)10-20-14-6-4-5-13(17)15(14)18/h4-8,19H,9-10H2,1-3H3. The third-order valence-corrected chi connectivity index (χ3v) is 3.60. The molecule has 1 aromatic heterocycles. The van der Waals surface area contributed by atoms with E-state index in [-0.39, 0.29) is 5.54 Å². The van der Waals surface area contributed by atoms with Crippen molar-refractivity contribution in [2.45, 2.75) is 39.5 Å². The van der Waals surface area contributed by atoms with E-state index in [0.717, 1.165) is 11.5 Å². The largest absolute Gasteiger partial charge is 0.484 e. The lowest BCUT2D eigenvalue weighted by Gasteiger charge is -2.19. The van der Waals surface area contributed by atoms with E-state index in [9.17, 15) is 0 Å². The third-order valence-electron chi connectivity index (χ3n) is 2.80. The lowest BCUT2D eigenvalue weighted by molar-refractivity contribution is 0.263. The first-order valence-corrected chi connectivity index (χ1v) is 7.50. The molecule has 0 spiro atoms. The Bertz CT molecular complexity index is 603. The van der Waals surface area contributed by atoms with Gasteiger partial charge < -0.3 is 14.5 Å². The van der Waals surface area contributed by atoms with Crippen LogP contribution in [-0.4, -0.2) is 5.54 Å². The molecule has 0 aliphatic heterocycles. The number of rotatable bonds is 5. The van der Waals surface area contributed by atoms with Crippen LogP contribution in [0.1, 0.15) is 32.3 Å². The minimum absolute atomic E-state index is 0.0533. The van der Waals surface area contributed by atoms with Crippen LogP contribution < -0.4 is 10.1 Å². The van der Waals surface area contributed by atoms with Gasteiger partial charge in [0.25, 0.3) is 0 Å². The van der Waals surface area contributed by atoms with Gasteiger partial charge in [-0.2, -0.15) is 0 Å². The topological polar surface area (TPSA) is 34.4 Å². The molecule has 0 aliphatic carbocycles. The molecule has 1 heterocycles. The summed E-state index contributed by atoms with van der Waals surface area (Å²) in [6, 6.07) is 9.14. The summed E-state index contributed by atoms with van der Waals surface area (Å²) in [4.78, 5) is 0. The first-order valence-electron chi connectivity index (χ1n) is 6.74. The van der Waals surface area contributed by atoms with E-state index in [1.807, 2.05) is 12.1 Å². The summed E-state index contributed by atoms with van der Waals surface area (Å²) in [6.45, 7) is 7.33. The summed E-state index contributed by atoms with van der Waals surface area (Å²) in [5.74, 6) is 2.17. The van der Waals surface area contributed by atoms with Gasteiger partial charge in [0.1, 0.15) is 28.9 Å². The van der Waals surface area contributed by atoms with Crippen LogP contribution in [0.5, 0.6) is 5.75 Å². The van der Waals surface area contributed by atoms with Gasteiger partial charge in [0.15, 0.2) is 0 Å². The Balaban J connectivity index is 1.92. The van der Waals surface area contributed by atoms with E-state index >= 15 is 0 Å². The third kappa shape index (κ3) is 4.95. The molecule has 0 unspecified atom stereocenters. The predicted octanol–water partition coefficient (Wildman–Crippen LogP) is 5.05. The zero-order chi connectivity index (χ0) is 15.5. The van der Waals surface area contributed by atoms with Gasteiger partial charge in [-0.3, -0.25) is 0 Å². The Morgan fingerprint density at radius 3 is 2.52 bits per heavy atom. The molecule has 0 atom stereocenters. The maximum Gasteiger partial charge on any atom is 0.146 e. The quantitative estimate of drug-likeness (QED) is 0.834. The fourth-order valence-electron chi connectivity index (χ4n) is 1.69. The zero-order valence-corrected chi connectivity index (χ0v) is 13.9. The summed E-state index contributed by atoms with van der Waals surface area (Å²) in [6.07, 6.45) is 0. The van der Waals surface area contributed by atoms with Crippen LogP contribution in [0.2, 0.25) is 10.0 Å². The van der Waals surface area contributed by atoms with Crippen molar-refractivity contribution >= 4 is 23.2 Å². The molecule has 5 heteroatoms. The number of nitrogens with one attached hydrogen (secondary N) is 1. The summed E-state index contributed by atoms with van der Waals surface area (Å²) >= 11 is 12.0. The molecule has 1 aromatic carbocycles. The fraction of sp³-hybridized carbons (Fsp3) is 0.375. The second kappa shape index (κ2) is 6.73. The average Bonchev–Trinajstić information content (AvgIpc) is 2.85. The number of hydrogen-bond donors (Lipinski definition) is 1. The Morgan fingerprint density at radius 1 is 1.10 bits per heavy atom. The monoisotopic (exact) mass is 327 g/mol. The van der Waals surface area contributed by atoms with E-state index in [4.69, 9.17) is 32.4 Å². The predicted molar refractivity (Wildman–Crippen MR) is 86.1 cm³/mol. The van der Waals surface area contributed by atoms with Gasteiger partial charge in [-0.1, -0.05) is 29.3 Å². The fourth-order valence-corrected chi connectivity index (χ4v) is 2.04. The lowest BCUT2D eigenvalue weighted by atomic mass is 10.1. The number of hydrogen-bond acceptors (Lipinski definition) is 3. The second-order valence-electron chi connectivity index (χ2n) is 5.81. The molecule has 0 aliphatic rings. The number of furan rings is 1. The molecule has 2 aromatic rings. The molecular weight excluding hydrogens is 309 g/mol. The minimum atomic E-state index is 0.0533. The zero-order valence-electron chi connectivity index (χ0n) is 12.4. The molecule has 3 nitrogen and oxygen atoms in total. The van der Waals surface area contributed by atoms with Crippen molar-refractivity contribution in [3.05, 3.63) is 51.9 Å². The minimum Gasteiger partial charge on any atom is -0.484 e. The van der Waals surface area contributed by atoms with Crippen LogP contribution >= 0.6 is 23.2 Å². The maximum absolute atomic E-state index is 6.07. The second-order valence-corrected chi connectivity index (χ2v) is 6.60. The highest BCUT2D eigenvalue weighted by molar-refractivity contribution is 6.42. The molecule has 0 bridgehead atoms. The SMILES string of the molecule is CC(C)(C)NCc1ccc(COc2cccc(Cl)c2Cl)o1. The maximum atomic E-state index is 6.07. The van der Waals surface area contributed by atoms with E-state index in [1.165, 1.54) is 0 Å². The van der Waals surface area contributed by atoms with Crippen molar-refractivity contribution in [2.75, 3.05) is 0 Å². The molecule has 1 N–H and O–H groups in total. The Hall–Kier alpha value is -1.16. The van der Waals surface area contributed by atoms with Crippen molar-refractivity contribution in [3.8, 4) is 5.75 Å². The molecule has 21 heavy (non-hydrogen) atoms. The Kier molecular flexibility index (Phi) is 5.20. The summed E-state index contributed by atoms with van der Waals surface area (Å²) in [5.41, 5.74) is 0.0533. The van der Waals surface area contributed by atoms with Gasteiger partial charge in [0, 0.05) is 5.54 Å². The normalized spacial score (nSPS) is 11.7. The van der Waals surface area contributed by atoms with E-state index in [0.29, 0.717) is 28.9 Å². The van der Waals surface area contributed by atoms with Crippen LogP contribution in [0.25, 0.3) is 0 Å². The van der Waals surface area contributed by atoms with E-state index < -0.39 is 0 Å². The highest BCUT2D eigenvalue weighted by Crippen LogP contribution is 2.32. The van der Waals surface area contributed by atoms with Crippen molar-refractivity contribution in [3.63, 3.8) is 0 Å². The number of ether oxygens (including phenoxy) is 1. The average molecular weight is 328 g/mol. The van der Waals surface area contributed by atoms with Gasteiger partial charge in [0.05, 0.1) is 11.6 Å². The van der Waals surface area contributed by atoms with Crippen LogP contribution in [0.3, 0.4) is 0 Å². The summed E-state index contributed by atoms with van der Waals surface area (Å²) < 4.78 is 11.3. The number of benzene rings is 1. The van der Waals surface area contributed by atoms with Gasteiger partial charge in [-0.15, -0.1) is 0 Å². The van der Waals surface area contributed by atoms with Gasteiger partial charge >= 0.3 is 0 Å². The molecule has 114 valence electrons. The van der Waals surface area contributed by atoms with Gasteiger partial charge in [-0.25, -0.2) is 0 Å². The van der Waals surface area contributed by atoms with E-state index in [1.54, 1.807) is 18.2 Å². The van der Waals surface area contributed by atoms with Crippen LogP contribution in [0.4, 0.5) is 0 Å². The van der Waals surface area contributed by atoms with Gasteiger partial charge in [0.2, 0.25) is 0 Å². The highest BCUT2D eigenvalue weighted by Gasteiger charge is 2.11. The van der Waals surface area contributed by atoms with Gasteiger partial charge in [-0.05, 0) is 45.0 Å². The Labute approximate surface area is 135 Å². The number of halogens is 2. The molecule has 0 radical (unpaired) electrons. The van der Waals surface area contributed by atoms with Crippen LogP contribution in [-0.2, 0) is 13.2 Å². The smallest absolute Gasteiger partial charge is 0.146 e. The molecule has 2 rings (SSSR count). The summed E-state index contributed by atoms with van der Waals surface area (Å²) in [7, 11) is 0. The van der Waals surface area contributed by atoms with Crippen LogP contribution in [0, 0.1) is 0 Å². The van der Waals surface area contributed by atoms with E-state index in [2.05, 4.69) is 26.1 Å². The molecule has 0 saturated carbocycles. The van der Waals surface area contributed by atoms with Crippen molar-refractivity contribution < 1.29 is 9.15 Å². The first kappa shape index (κ1) is 16.2. The van der Waals surface area contributed by atoms with Crippen molar-refractivity contribution in [1.82, 2.24) is 5.32 Å². The summed E-state index contributed by atoms with van der Waals surface area (Å²) in [5, 5.41) is 4.26. The molecule has 0 fully saturated rings. The molecule has 0 amide bonds. The first-order chi connectivity index (χ1) is 9.85. The molecule has 0 saturated heterocycles. The van der Waals surface area contributed by atoms with Crippen LogP contribution in [0.15, 0.2) is 34.7 Å².